The van der Waals surface area contributed by atoms with E-state index in [1.54, 1.807) is 29.2 Å². The van der Waals surface area contributed by atoms with E-state index in [0.717, 1.165) is 0 Å². The molecule has 0 spiro atoms. The van der Waals surface area contributed by atoms with Gasteiger partial charge >= 0.3 is 5.97 Å². The van der Waals surface area contributed by atoms with Crippen molar-refractivity contribution in [3.63, 3.8) is 0 Å². The molecule has 0 saturated carbocycles. The number of hydrogen-bond donors (Lipinski definition) is 1. The molecule has 110 valence electrons. The minimum Gasteiger partial charge on any atom is -0.478 e. The van der Waals surface area contributed by atoms with E-state index >= 15 is 0 Å². The second-order valence-electron chi connectivity index (χ2n) is 5.50. The number of ketones is 1. The van der Waals surface area contributed by atoms with Crippen molar-refractivity contribution in [1.29, 1.82) is 0 Å². The maximum absolute atomic E-state index is 11.3. The Hall–Kier alpha value is -2.57. The normalized spacial score (nSPS) is 11.4. The molecular weight excluding hydrogens is 272 g/mol. The second kappa shape index (κ2) is 5.43. The number of carboxylic acids is 1. The molecule has 0 aliphatic heterocycles. The average Bonchev–Trinajstić information content (AvgIpc) is 2.87. The van der Waals surface area contributed by atoms with Crippen LogP contribution in [-0.2, 0) is 10.3 Å². The molecule has 7 heteroatoms. The third-order valence-corrected chi connectivity index (χ3v) is 3.13. The molecule has 2 rings (SSSR count). The lowest BCUT2D eigenvalue weighted by Gasteiger charge is -2.17. The highest BCUT2D eigenvalue weighted by molar-refractivity contribution is 5.91. The summed E-state index contributed by atoms with van der Waals surface area (Å²) in [4.78, 5) is 22.5. The van der Waals surface area contributed by atoms with Crippen LogP contribution in [0.5, 0.6) is 0 Å². The van der Waals surface area contributed by atoms with Crippen LogP contribution in [0.2, 0.25) is 0 Å². The molecule has 0 bridgehead atoms. The van der Waals surface area contributed by atoms with Crippen LogP contribution >= 0.6 is 0 Å². The Labute approximate surface area is 121 Å². The van der Waals surface area contributed by atoms with Crippen molar-refractivity contribution in [1.82, 2.24) is 15.1 Å². The third kappa shape index (κ3) is 3.13. The Morgan fingerprint density at radius 1 is 1.33 bits per heavy atom. The van der Waals surface area contributed by atoms with Crippen LogP contribution in [0.1, 0.15) is 37.6 Å². The summed E-state index contributed by atoms with van der Waals surface area (Å²) in [6.07, 6.45) is 1.90. The zero-order valence-electron chi connectivity index (χ0n) is 12.1. The van der Waals surface area contributed by atoms with Gasteiger partial charge in [0.1, 0.15) is 22.1 Å². The first-order valence-corrected chi connectivity index (χ1v) is 6.48. The van der Waals surface area contributed by atoms with E-state index in [1.165, 1.54) is 17.7 Å². The molecule has 21 heavy (non-hydrogen) atoms. The number of carbonyl (C=O) groups is 2. The summed E-state index contributed by atoms with van der Waals surface area (Å²) in [5, 5.41) is 17.2. The number of tetrazole rings is 1. The SMILES string of the molecule is CC(=O)CC(C)(C)[n+]1cn(-c2ccccc2C(=O)O)nn1. The third-order valence-electron chi connectivity index (χ3n) is 3.13. The number of carboxylic acid groups (broad SMARTS) is 1. The van der Waals surface area contributed by atoms with Gasteiger partial charge < -0.3 is 5.11 Å². The summed E-state index contributed by atoms with van der Waals surface area (Å²) < 4.78 is 2.96. The first kappa shape index (κ1) is 14.8. The van der Waals surface area contributed by atoms with Crippen LogP contribution in [0.25, 0.3) is 5.69 Å². The Morgan fingerprint density at radius 3 is 2.62 bits per heavy atom. The molecule has 1 aromatic heterocycles. The van der Waals surface area contributed by atoms with E-state index < -0.39 is 11.5 Å². The van der Waals surface area contributed by atoms with Gasteiger partial charge in [-0.05, 0) is 32.9 Å². The van der Waals surface area contributed by atoms with Crippen LogP contribution in [0.3, 0.4) is 0 Å². The molecule has 1 aromatic carbocycles. The molecule has 7 nitrogen and oxygen atoms in total. The Kier molecular flexibility index (Phi) is 3.84. The quantitative estimate of drug-likeness (QED) is 0.828. The number of aromatic carboxylic acids is 1. The van der Waals surface area contributed by atoms with Crippen molar-refractivity contribution in [3.8, 4) is 5.69 Å². The van der Waals surface area contributed by atoms with Crippen LogP contribution in [0, 0.1) is 0 Å². The lowest BCUT2D eigenvalue weighted by molar-refractivity contribution is -0.809. The lowest BCUT2D eigenvalue weighted by Crippen LogP contribution is -2.54. The fraction of sp³-hybridized carbons (Fsp3) is 0.357. The minimum absolute atomic E-state index is 0.0491. The highest BCUT2D eigenvalue weighted by atomic mass is 16.4. The number of para-hydroxylation sites is 1. The average molecular weight is 289 g/mol. The predicted octanol–water partition coefficient (Wildman–Crippen LogP) is 0.967. The smallest absolute Gasteiger partial charge is 0.339 e. The maximum atomic E-state index is 11.3. The molecule has 0 atom stereocenters. The highest BCUT2D eigenvalue weighted by Crippen LogP contribution is 2.14. The van der Waals surface area contributed by atoms with Crippen molar-refractivity contribution < 1.29 is 19.4 Å². The molecule has 1 N–H and O–H groups in total. The van der Waals surface area contributed by atoms with Crippen molar-refractivity contribution in [3.05, 3.63) is 36.2 Å². The van der Waals surface area contributed by atoms with Gasteiger partial charge in [-0.2, -0.15) is 0 Å². The molecule has 0 amide bonds. The topological polar surface area (TPSA) is 89.0 Å². The van der Waals surface area contributed by atoms with Gasteiger partial charge in [-0.3, -0.25) is 4.79 Å². The minimum atomic E-state index is -1.03. The van der Waals surface area contributed by atoms with Gasteiger partial charge in [0.15, 0.2) is 10.9 Å². The van der Waals surface area contributed by atoms with E-state index in [1.807, 2.05) is 13.8 Å². The summed E-state index contributed by atoms with van der Waals surface area (Å²) in [7, 11) is 0. The van der Waals surface area contributed by atoms with Gasteiger partial charge in [-0.1, -0.05) is 16.8 Å². The predicted molar refractivity (Wildman–Crippen MR) is 73.1 cm³/mol. The van der Waals surface area contributed by atoms with Crippen LogP contribution in [-0.4, -0.2) is 32.0 Å². The molecule has 0 saturated heterocycles. The summed E-state index contributed by atoms with van der Waals surface area (Å²) in [6.45, 7) is 5.26. The summed E-state index contributed by atoms with van der Waals surface area (Å²) in [6, 6.07) is 6.54. The van der Waals surface area contributed by atoms with Gasteiger partial charge in [-0.15, -0.1) is 4.68 Å². The van der Waals surface area contributed by atoms with E-state index in [2.05, 4.69) is 10.4 Å². The van der Waals surface area contributed by atoms with Gasteiger partial charge in [0, 0.05) is 6.42 Å². The van der Waals surface area contributed by atoms with Crippen molar-refractivity contribution in [2.24, 2.45) is 0 Å². The van der Waals surface area contributed by atoms with E-state index in [9.17, 15) is 14.7 Å². The van der Waals surface area contributed by atoms with Gasteiger partial charge in [0.05, 0.1) is 0 Å². The molecule has 0 fully saturated rings. The van der Waals surface area contributed by atoms with Crippen molar-refractivity contribution in [2.45, 2.75) is 32.7 Å². The van der Waals surface area contributed by atoms with Crippen LogP contribution in [0.15, 0.2) is 30.6 Å². The Morgan fingerprint density at radius 2 is 2.00 bits per heavy atom. The Balaban J connectivity index is 2.41. The molecule has 0 unspecified atom stereocenters. The number of nitrogens with zero attached hydrogens (tertiary/aromatic N) is 4. The van der Waals surface area contributed by atoms with Gasteiger partial charge in [-0.25, -0.2) is 4.79 Å². The summed E-state index contributed by atoms with van der Waals surface area (Å²) in [5.74, 6) is -0.983. The monoisotopic (exact) mass is 289 g/mol. The zero-order valence-corrected chi connectivity index (χ0v) is 12.1. The number of Topliss-reactive ketones (excluding diaryl/α,β-unsaturated/α-hetero) is 1. The fourth-order valence-corrected chi connectivity index (χ4v) is 2.17. The zero-order chi connectivity index (χ0) is 15.6. The van der Waals surface area contributed by atoms with Crippen LogP contribution < -0.4 is 4.68 Å². The highest BCUT2D eigenvalue weighted by Gasteiger charge is 2.30. The largest absolute Gasteiger partial charge is 0.478 e. The number of benzene rings is 1. The number of rotatable bonds is 5. The van der Waals surface area contributed by atoms with Gasteiger partial charge in [0.2, 0.25) is 0 Å². The number of aromatic nitrogens is 4. The first-order valence-electron chi connectivity index (χ1n) is 6.48. The maximum Gasteiger partial charge on any atom is 0.339 e. The molecule has 1 heterocycles. The number of hydrogen-bond acceptors (Lipinski definition) is 4. The van der Waals surface area contributed by atoms with E-state index in [-0.39, 0.29) is 11.3 Å². The standard InChI is InChI=1S/C14H16N4O3/c1-10(19)8-14(2,3)18-9-17(15-16-18)12-7-5-4-6-11(12)13(20)21/h4-7,9H,8H2,1-3H3/p+1. The molecule has 0 aliphatic carbocycles. The molecular formula is C14H17N4O3+. The fourth-order valence-electron chi connectivity index (χ4n) is 2.17. The second-order valence-corrected chi connectivity index (χ2v) is 5.50. The Bertz CT molecular complexity index is 691. The molecule has 0 aliphatic rings. The summed E-state index contributed by atoms with van der Waals surface area (Å²) >= 11 is 0. The van der Waals surface area contributed by atoms with Gasteiger partial charge in [0.25, 0.3) is 6.33 Å². The van der Waals surface area contributed by atoms with Crippen molar-refractivity contribution >= 4 is 11.8 Å². The molecule has 0 radical (unpaired) electrons. The van der Waals surface area contributed by atoms with Crippen molar-refractivity contribution in [2.75, 3.05) is 0 Å². The van der Waals surface area contributed by atoms with E-state index in [0.29, 0.717) is 12.1 Å². The first-order chi connectivity index (χ1) is 9.81. The number of carbonyl (C=O) groups excluding carboxylic acids is 1. The van der Waals surface area contributed by atoms with Crippen LogP contribution in [0.4, 0.5) is 0 Å². The van der Waals surface area contributed by atoms with E-state index in [4.69, 9.17) is 0 Å². The summed E-state index contributed by atoms with van der Waals surface area (Å²) in [5.41, 5.74) is 0.0382. The lowest BCUT2D eigenvalue weighted by atomic mass is 9.99. The molecule has 2 aromatic rings.